The van der Waals surface area contributed by atoms with Crippen molar-refractivity contribution in [2.24, 2.45) is 5.73 Å². The predicted molar refractivity (Wildman–Crippen MR) is 181 cm³/mol. The number of piperidine rings is 1. The summed E-state index contributed by atoms with van der Waals surface area (Å²) in [6.07, 6.45) is 3.65. The number of nitrogens with zero attached hydrogens (tertiary/aromatic N) is 2. The van der Waals surface area contributed by atoms with Gasteiger partial charge in [0, 0.05) is 22.9 Å². The lowest BCUT2D eigenvalue weighted by Crippen LogP contribution is -2.44. The smallest absolute Gasteiger partial charge is 0.265 e. The molecular weight excluding hydrogens is 594 g/mol. The molecule has 0 bridgehead atoms. The van der Waals surface area contributed by atoms with E-state index in [4.69, 9.17) is 5.73 Å². The van der Waals surface area contributed by atoms with Gasteiger partial charge in [-0.25, -0.2) is 8.78 Å². The first-order chi connectivity index (χ1) is 22.8. The number of halogens is 2. The molecule has 8 heteroatoms. The number of nitrogens with two attached hydrogens (primary N) is 1. The average molecular weight is 635 g/mol. The minimum atomic E-state index is -0.759. The molecule has 3 N–H and O–H groups in total. The number of carbonyl (C=O) groups excluding carboxylic acids is 2. The number of carbonyl (C=O) groups is 2. The van der Waals surface area contributed by atoms with Crippen molar-refractivity contribution >= 4 is 22.7 Å². The highest BCUT2D eigenvalue weighted by Crippen LogP contribution is 2.37. The van der Waals surface area contributed by atoms with Gasteiger partial charge in [0.25, 0.3) is 5.91 Å². The van der Waals surface area contributed by atoms with Crippen LogP contribution in [0.4, 0.5) is 8.78 Å². The highest BCUT2D eigenvalue weighted by atomic mass is 19.1. The van der Waals surface area contributed by atoms with E-state index in [9.17, 15) is 18.4 Å². The lowest BCUT2D eigenvalue weighted by Gasteiger charge is -2.37. The van der Waals surface area contributed by atoms with Crippen LogP contribution in [0.3, 0.4) is 0 Å². The molecule has 2 amide bonds. The summed E-state index contributed by atoms with van der Waals surface area (Å²) >= 11 is 0. The van der Waals surface area contributed by atoms with Gasteiger partial charge in [-0.3, -0.25) is 9.59 Å². The first-order valence-electron chi connectivity index (χ1n) is 16.3. The standard InChI is InChI=1S/C39H40F2N4O2/c40-33-15-11-31(12-16-33)39(32-13-17-34(41)18-14-32,21-6-22-44-23-19-29(20-24-44)28-7-2-1-3-8-28)27-43-37(46)26-45-35-10-5-4-9-30(35)25-36(45)38(42)47/h1-5,7-18,25,29H,6,19-24,26-27H2,(H2,42,47)(H,43,46). The van der Waals surface area contributed by atoms with E-state index >= 15 is 0 Å². The molecule has 6 rings (SSSR count). The van der Waals surface area contributed by atoms with Crippen molar-refractivity contribution in [1.82, 2.24) is 14.8 Å². The van der Waals surface area contributed by atoms with Crippen molar-refractivity contribution in [3.63, 3.8) is 0 Å². The Morgan fingerprint density at radius 2 is 1.40 bits per heavy atom. The van der Waals surface area contributed by atoms with Crippen LogP contribution in [-0.2, 0) is 16.8 Å². The van der Waals surface area contributed by atoms with E-state index in [1.807, 2.05) is 24.3 Å². The van der Waals surface area contributed by atoms with E-state index in [1.54, 1.807) is 34.9 Å². The lowest BCUT2D eigenvalue weighted by molar-refractivity contribution is -0.121. The molecule has 6 nitrogen and oxygen atoms in total. The monoisotopic (exact) mass is 634 g/mol. The second-order valence-corrected chi connectivity index (χ2v) is 12.5. The fourth-order valence-electron chi connectivity index (χ4n) is 7.14. The summed E-state index contributed by atoms with van der Waals surface area (Å²) in [4.78, 5) is 28.3. The van der Waals surface area contributed by atoms with Gasteiger partial charge in [-0.1, -0.05) is 72.8 Å². The predicted octanol–water partition coefficient (Wildman–Crippen LogP) is 6.78. The molecule has 5 aromatic rings. The van der Waals surface area contributed by atoms with Crippen LogP contribution in [0.1, 0.15) is 58.8 Å². The van der Waals surface area contributed by atoms with Crippen LogP contribution < -0.4 is 11.1 Å². The lowest BCUT2D eigenvalue weighted by atomic mass is 9.71. The van der Waals surface area contributed by atoms with Crippen LogP contribution in [0.2, 0.25) is 0 Å². The van der Waals surface area contributed by atoms with Gasteiger partial charge in [0.1, 0.15) is 23.9 Å². The van der Waals surface area contributed by atoms with Crippen molar-refractivity contribution in [3.8, 4) is 0 Å². The molecule has 4 aromatic carbocycles. The van der Waals surface area contributed by atoms with E-state index in [-0.39, 0.29) is 36.3 Å². The number of fused-ring (bicyclic) bond motifs is 1. The number of likely N-dealkylation sites (tertiary alicyclic amines) is 1. The molecule has 1 aliphatic heterocycles. The average Bonchev–Trinajstić information content (AvgIpc) is 3.46. The Labute approximate surface area is 274 Å². The maximum Gasteiger partial charge on any atom is 0.265 e. The number of aromatic nitrogens is 1. The largest absolute Gasteiger partial charge is 0.364 e. The second kappa shape index (κ2) is 14.3. The van der Waals surface area contributed by atoms with Crippen LogP contribution in [0.15, 0.2) is 109 Å². The molecule has 0 saturated carbocycles. The molecule has 1 fully saturated rings. The highest BCUT2D eigenvalue weighted by Gasteiger charge is 2.35. The van der Waals surface area contributed by atoms with Gasteiger partial charge >= 0.3 is 0 Å². The molecule has 0 unspecified atom stereocenters. The molecule has 0 atom stereocenters. The normalized spacial score (nSPS) is 14.3. The summed E-state index contributed by atoms with van der Waals surface area (Å²) in [7, 11) is 0. The minimum Gasteiger partial charge on any atom is -0.364 e. The van der Waals surface area contributed by atoms with Crippen molar-refractivity contribution < 1.29 is 18.4 Å². The third-order valence-electron chi connectivity index (χ3n) is 9.68. The van der Waals surface area contributed by atoms with Crippen LogP contribution in [0.25, 0.3) is 10.9 Å². The Hall–Kier alpha value is -4.82. The Bertz CT molecular complexity index is 1770. The summed E-state index contributed by atoms with van der Waals surface area (Å²) in [5, 5.41) is 3.93. The summed E-state index contributed by atoms with van der Waals surface area (Å²) in [5.41, 5.74) is 8.95. The summed E-state index contributed by atoms with van der Waals surface area (Å²) in [6, 6.07) is 32.5. The molecule has 47 heavy (non-hydrogen) atoms. The van der Waals surface area contributed by atoms with Crippen molar-refractivity contribution in [2.45, 2.75) is 43.6 Å². The molecule has 0 spiro atoms. The SMILES string of the molecule is NC(=O)c1cc2ccccc2n1CC(=O)NCC(CCCN1CCC(c2ccccc2)CC1)(c1ccc(F)cc1)c1ccc(F)cc1. The molecule has 1 aliphatic rings. The number of hydrogen-bond donors (Lipinski definition) is 2. The fourth-order valence-corrected chi connectivity index (χ4v) is 7.14. The number of rotatable bonds is 12. The second-order valence-electron chi connectivity index (χ2n) is 12.5. The number of hydrogen-bond acceptors (Lipinski definition) is 3. The zero-order valence-electron chi connectivity index (χ0n) is 26.4. The van der Waals surface area contributed by atoms with E-state index in [1.165, 1.54) is 29.8 Å². The third-order valence-corrected chi connectivity index (χ3v) is 9.68. The van der Waals surface area contributed by atoms with Gasteiger partial charge in [-0.05, 0) is 104 Å². The van der Waals surface area contributed by atoms with E-state index < -0.39 is 11.3 Å². The Kier molecular flexibility index (Phi) is 9.78. The maximum atomic E-state index is 14.2. The minimum absolute atomic E-state index is 0.106. The van der Waals surface area contributed by atoms with Crippen LogP contribution in [0, 0.1) is 11.6 Å². The van der Waals surface area contributed by atoms with E-state index in [0.717, 1.165) is 60.9 Å². The van der Waals surface area contributed by atoms with Gasteiger partial charge in [0.15, 0.2) is 0 Å². The zero-order valence-corrected chi connectivity index (χ0v) is 26.4. The molecule has 2 heterocycles. The van der Waals surface area contributed by atoms with Gasteiger partial charge in [0.2, 0.25) is 5.91 Å². The third kappa shape index (κ3) is 7.28. The summed E-state index contributed by atoms with van der Waals surface area (Å²) in [6.45, 7) is 2.97. The molecule has 1 saturated heterocycles. The number of primary amides is 1. The molecule has 0 aliphatic carbocycles. The van der Waals surface area contributed by atoms with Gasteiger partial charge in [-0.15, -0.1) is 0 Å². The van der Waals surface area contributed by atoms with Crippen molar-refractivity contribution in [3.05, 3.63) is 143 Å². The van der Waals surface area contributed by atoms with E-state index in [0.29, 0.717) is 12.3 Å². The number of para-hydroxylation sites is 1. The summed E-state index contributed by atoms with van der Waals surface area (Å²) < 4.78 is 30.0. The van der Waals surface area contributed by atoms with Gasteiger partial charge in [0.05, 0.1) is 0 Å². The van der Waals surface area contributed by atoms with Gasteiger partial charge in [-0.2, -0.15) is 0 Å². The van der Waals surface area contributed by atoms with Crippen LogP contribution in [-0.4, -0.2) is 47.5 Å². The highest BCUT2D eigenvalue weighted by molar-refractivity contribution is 5.98. The molecular formula is C39H40F2N4O2. The maximum absolute atomic E-state index is 14.2. The Balaban J connectivity index is 1.23. The first-order valence-corrected chi connectivity index (χ1v) is 16.3. The van der Waals surface area contributed by atoms with Gasteiger partial charge < -0.3 is 20.5 Å². The van der Waals surface area contributed by atoms with Crippen molar-refractivity contribution in [1.29, 1.82) is 0 Å². The topological polar surface area (TPSA) is 80.4 Å². The zero-order chi connectivity index (χ0) is 32.8. The fraction of sp³-hybridized carbons (Fsp3) is 0.282. The molecule has 0 radical (unpaired) electrons. The van der Waals surface area contributed by atoms with Crippen LogP contribution >= 0.6 is 0 Å². The number of benzene rings is 4. The Morgan fingerprint density at radius 1 is 0.809 bits per heavy atom. The van der Waals surface area contributed by atoms with Crippen molar-refractivity contribution in [2.75, 3.05) is 26.2 Å². The molecule has 242 valence electrons. The van der Waals surface area contributed by atoms with E-state index in [2.05, 4.69) is 40.5 Å². The van der Waals surface area contributed by atoms with Crippen LogP contribution in [0.5, 0.6) is 0 Å². The quantitative estimate of drug-likeness (QED) is 0.159. The number of nitrogens with one attached hydrogen (secondary N) is 1. The number of amides is 2. The first kappa shape index (κ1) is 32.1. The summed E-state index contributed by atoms with van der Waals surface area (Å²) in [5.74, 6) is -1.07. The molecule has 1 aromatic heterocycles. The Morgan fingerprint density at radius 3 is 2.02 bits per heavy atom.